The summed E-state index contributed by atoms with van der Waals surface area (Å²) in [5, 5.41) is 0. The Hall–Kier alpha value is -2.13. The molecule has 0 amide bonds. The van der Waals surface area contributed by atoms with Crippen LogP contribution in [0.15, 0.2) is 48.9 Å². The fourth-order valence-corrected chi connectivity index (χ4v) is 3.96. The molecule has 0 fully saturated rings. The molecule has 1 heterocycles. The Kier molecular flexibility index (Phi) is 4.00. The number of aryl methyl sites for hydroxylation is 2. The second-order valence-corrected chi connectivity index (χ2v) is 7.81. The third-order valence-corrected chi connectivity index (χ3v) is 5.55. The summed E-state index contributed by atoms with van der Waals surface area (Å²) < 4.78 is 48.0. The maximum absolute atomic E-state index is 13.9. The number of fused-ring (bicyclic) bond motifs is 1. The third kappa shape index (κ3) is 2.84. The summed E-state index contributed by atoms with van der Waals surface area (Å²) in [6, 6.07) is 6.78. The maximum atomic E-state index is 13.9. The molecule has 24 heavy (non-hydrogen) atoms. The third-order valence-electron chi connectivity index (χ3n) is 3.55. The standard InChI is InChI=1S/C15H12BrFN2O4S/c1-8-5-12-13(23-15(20)19(12)2)7-14(8)24(21,22)18-11-4-3-9(16)6-10(11)17/h3-7,18H,1-2H3. The molecule has 6 nitrogen and oxygen atoms in total. The minimum atomic E-state index is -4.05. The largest absolute Gasteiger partial charge is 0.419 e. The first kappa shape index (κ1) is 16.7. The highest BCUT2D eigenvalue weighted by Crippen LogP contribution is 2.26. The number of oxazole rings is 1. The molecular formula is C15H12BrFN2O4S. The number of sulfonamides is 1. The van der Waals surface area contributed by atoms with Gasteiger partial charge in [0.25, 0.3) is 10.0 Å². The van der Waals surface area contributed by atoms with Gasteiger partial charge in [-0.05, 0) is 36.8 Å². The van der Waals surface area contributed by atoms with E-state index in [9.17, 15) is 17.6 Å². The first-order valence-electron chi connectivity index (χ1n) is 6.77. The molecule has 3 rings (SSSR count). The van der Waals surface area contributed by atoms with Crippen LogP contribution in [0, 0.1) is 12.7 Å². The van der Waals surface area contributed by atoms with Crippen LogP contribution in [0.5, 0.6) is 0 Å². The average molecular weight is 415 g/mol. The second-order valence-electron chi connectivity index (χ2n) is 5.24. The Labute approximate surface area is 145 Å². The van der Waals surface area contributed by atoms with E-state index in [1.54, 1.807) is 6.92 Å². The molecule has 0 atom stereocenters. The Morgan fingerprint density at radius 3 is 2.62 bits per heavy atom. The van der Waals surface area contributed by atoms with Gasteiger partial charge in [0.15, 0.2) is 5.58 Å². The Morgan fingerprint density at radius 1 is 1.25 bits per heavy atom. The highest BCUT2D eigenvalue weighted by atomic mass is 79.9. The Morgan fingerprint density at radius 2 is 1.96 bits per heavy atom. The molecule has 126 valence electrons. The summed E-state index contributed by atoms with van der Waals surface area (Å²) in [7, 11) is -2.53. The quantitative estimate of drug-likeness (QED) is 0.713. The zero-order chi connectivity index (χ0) is 17.6. The van der Waals surface area contributed by atoms with E-state index in [0.717, 1.165) is 6.07 Å². The lowest BCUT2D eigenvalue weighted by molar-refractivity contribution is 0.527. The van der Waals surface area contributed by atoms with Crippen molar-refractivity contribution in [2.45, 2.75) is 11.8 Å². The second kappa shape index (κ2) is 5.75. The summed E-state index contributed by atoms with van der Waals surface area (Å²) in [5.41, 5.74) is 0.854. The minimum Gasteiger partial charge on any atom is -0.408 e. The number of hydrogen-bond donors (Lipinski definition) is 1. The van der Waals surface area contributed by atoms with Crippen LogP contribution in [0.1, 0.15) is 5.56 Å². The average Bonchev–Trinajstić information content (AvgIpc) is 2.76. The summed E-state index contributed by atoms with van der Waals surface area (Å²) in [6.07, 6.45) is 0. The number of anilines is 1. The number of hydrogen-bond acceptors (Lipinski definition) is 4. The maximum Gasteiger partial charge on any atom is 0.419 e. The van der Waals surface area contributed by atoms with Crippen molar-refractivity contribution in [1.82, 2.24) is 4.57 Å². The molecule has 2 aromatic carbocycles. The molecule has 0 bridgehead atoms. The number of aromatic nitrogens is 1. The number of benzene rings is 2. The van der Waals surface area contributed by atoms with Crippen molar-refractivity contribution >= 4 is 42.7 Å². The molecule has 0 spiro atoms. The molecule has 0 unspecified atom stereocenters. The van der Waals surface area contributed by atoms with Gasteiger partial charge in [-0.2, -0.15) is 0 Å². The van der Waals surface area contributed by atoms with Crippen molar-refractivity contribution in [3.05, 3.63) is 56.7 Å². The van der Waals surface area contributed by atoms with Crippen LogP contribution in [0.3, 0.4) is 0 Å². The fraction of sp³-hybridized carbons (Fsp3) is 0.133. The molecule has 0 aliphatic carbocycles. The molecule has 0 aliphatic rings. The van der Waals surface area contributed by atoms with Gasteiger partial charge in [-0.25, -0.2) is 17.6 Å². The van der Waals surface area contributed by atoms with Gasteiger partial charge in [0, 0.05) is 17.6 Å². The summed E-state index contributed by atoms with van der Waals surface area (Å²) in [6.45, 7) is 1.59. The molecule has 1 N–H and O–H groups in total. The predicted octanol–water partition coefficient (Wildman–Crippen LogP) is 3.14. The Bertz CT molecular complexity index is 1120. The van der Waals surface area contributed by atoms with Crippen LogP contribution in [0.2, 0.25) is 0 Å². The summed E-state index contributed by atoms with van der Waals surface area (Å²) in [5.74, 6) is -1.30. The van der Waals surface area contributed by atoms with E-state index in [-0.39, 0.29) is 16.2 Å². The van der Waals surface area contributed by atoms with Crippen molar-refractivity contribution in [1.29, 1.82) is 0 Å². The summed E-state index contributed by atoms with van der Waals surface area (Å²) >= 11 is 3.11. The lowest BCUT2D eigenvalue weighted by atomic mass is 10.2. The van der Waals surface area contributed by atoms with Crippen molar-refractivity contribution in [2.24, 2.45) is 7.05 Å². The van der Waals surface area contributed by atoms with Crippen LogP contribution in [-0.4, -0.2) is 13.0 Å². The predicted molar refractivity (Wildman–Crippen MR) is 91.1 cm³/mol. The van der Waals surface area contributed by atoms with Crippen LogP contribution >= 0.6 is 15.9 Å². The van der Waals surface area contributed by atoms with Crippen LogP contribution < -0.4 is 10.5 Å². The van der Waals surface area contributed by atoms with Crippen molar-refractivity contribution in [3.8, 4) is 0 Å². The van der Waals surface area contributed by atoms with Gasteiger partial charge < -0.3 is 4.42 Å². The van der Waals surface area contributed by atoms with Gasteiger partial charge in [-0.1, -0.05) is 15.9 Å². The van der Waals surface area contributed by atoms with Gasteiger partial charge >= 0.3 is 5.76 Å². The molecular weight excluding hydrogens is 403 g/mol. The van der Waals surface area contributed by atoms with Crippen LogP contribution in [0.25, 0.3) is 11.1 Å². The normalized spacial score (nSPS) is 11.8. The number of rotatable bonds is 3. The van der Waals surface area contributed by atoms with Gasteiger partial charge in [0.05, 0.1) is 16.1 Å². The van der Waals surface area contributed by atoms with Gasteiger partial charge in [-0.3, -0.25) is 9.29 Å². The van der Waals surface area contributed by atoms with E-state index >= 15 is 0 Å². The van der Waals surface area contributed by atoms with Crippen LogP contribution in [0.4, 0.5) is 10.1 Å². The number of nitrogens with one attached hydrogen (secondary N) is 1. The zero-order valence-electron chi connectivity index (χ0n) is 12.6. The van der Waals surface area contributed by atoms with Crippen molar-refractivity contribution in [3.63, 3.8) is 0 Å². The Balaban J connectivity index is 2.11. The molecule has 0 saturated carbocycles. The van der Waals surface area contributed by atoms with E-state index in [4.69, 9.17) is 4.42 Å². The van der Waals surface area contributed by atoms with Crippen molar-refractivity contribution < 1.29 is 17.2 Å². The molecule has 0 saturated heterocycles. The van der Waals surface area contributed by atoms with E-state index in [1.165, 1.54) is 35.9 Å². The highest BCUT2D eigenvalue weighted by molar-refractivity contribution is 9.10. The van der Waals surface area contributed by atoms with Crippen LogP contribution in [-0.2, 0) is 17.1 Å². The molecule has 9 heteroatoms. The molecule has 0 aliphatic heterocycles. The van der Waals surface area contributed by atoms with E-state index in [2.05, 4.69) is 20.7 Å². The van der Waals surface area contributed by atoms with E-state index < -0.39 is 21.6 Å². The van der Waals surface area contributed by atoms with E-state index in [1.807, 2.05) is 0 Å². The highest BCUT2D eigenvalue weighted by Gasteiger charge is 2.21. The van der Waals surface area contributed by atoms with Gasteiger partial charge in [0.2, 0.25) is 0 Å². The number of nitrogens with zero attached hydrogens (tertiary/aromatic N) is 1. The first-order chi connectivity index (χ1) is 11.2. The van der Waals surface area contributed by atoms with Gasteiger partial charge in [-0.15, -0.1) is 0 Å². The molecule has 1 aromatic heterocycles. The van der Waals surface area contributed by atoms with Gasteiger partial charge in [0.1, 0.15) is 5.82 Å². The monoisotopic (exact) mass is 414 g/mol. The lowest BCUT2D eigenvalue weighted by Gasteiger charge is -2.11. The summed E-state index contributed by atoms with van der Waals surface area (Å²) in [4.78, 5) is 11.5. The lowest BCUT2D eigenvalue weighted by Crippen LogP contribution is -2.15. The fourth-order valence-electron chi connectivity index (χ4n) is 2.32. The first-order valence-corrected chi connectivity index (χ1v) is 9.05. The number of halogens is 2. The molecule has 0 radical (unpaired) electrons. The minimum absolute atomic E-state index is 0.0910. The van der Waals surface area contributed by atoms with E-state index in [0.29, 0.717) is 15.6 Å². The molecule has 3 aromatic rings. The topological polar surface area (TPSA) is 81.3 Å². The van der Waals surface area contributed by atoms with Crippen molar-refractivity contribution in [2.75, 3.05) is 4.72 Å². The smallest absolute Gasteiger partial charge is 0.408 e. The zero-order valence-corrected chi connectivity index (χ0v) is 15.0. The SMILES string of the molecule is Cc1cc2c(cc1S(=O)(=O)Nc1ccc(Br)cc1F)oc(=O)n2C.